The lowest BCUT2D eigenvalue weighted by Gasteiger charge is -1.96. The molecule has 16 heavy (non-hydrogen) atoms. The maximum absolute atomic E-state index is 10.7. The van der Waals surface area contributed by atoms with Gasteiger partial charge in [-0.25, -0.2) is 4.98 Å². The van der Waals surface area contributed by atoms with Gasteiger partial charge >= 0.3 is 5.97 Å². The molecule has 1 aromatic carbocycles. The molecule has 1 aliphatic carbocycles. The number of benzene rings is 1. The summed E-state index contributed by atoms with van der Waals surface area (Å²) < 4.78 is 5.65. The third-order valence-corrected chi connectivity index (χ3v) is 2.78. The fraction of sp³-hybridized carbons (Fsp3) is 0.333. The van der Waals surface area contributed by atoms with E-state index in [1.54, 1.807) is 6.07 Å². The van der Waals surface area contributed by atoms with Crippen molar-refractivity contribution in [3.05, 3.63) is 29.7 Å². The first-order valence-corrected chi connectivity index (χ1v) is 5.34. The van der Waals surface area contributed by atoms with Gasteiger partial charge in [0.15, 0.2) is 11.5 Å². The van der Waals surface area contributed by atoms with E-state index in [1.165, 1.54) is 0 Å². The van der Waals surface area contributed by atoms with Gasteiger partial charge in [-0.3, -0.25) is 4.79 Å². The van der Waals surface area contributed by atoms with Crippen molar-refractivity contribution in [2.75, 3.05) is 0 Å². The average Bonchev–Trinajstić information content (AvgIpc) is 2.98. The molecular formula is C12H11NO3. The van der Waals surface area contributed by atoms with Crippen molar-refractivity contribution < 1.29 is 14.3 Å². The fourth-order valence-electron chi connectivity index (χ4n) is 1.83. The van der Waals surface area contributed by atoms with E-state index >= 15 is 0 Å². The molecule has 0 radical (unpaired) electrons. The number of carbonyl (C=O) groups is 1. The van der Waals surface area contributed by atoms with Crippen LogP contribution in [0.5, 0.6) is 0 Å². The number of fused-ring (bicyclic) bond motifs is 1. The van der Waals surface area contributed by atoms with Gasteiger partial charge in [-0.1, -0.05) is 12.1 Å². The maximum Gasteiger partial charge on any atom is 0.307 e. The highest BCUT2D eigenvalue weighted by Crippen LogP contribution is 2.40. The number of aliphatic carboxylic acids is 1. The van der Waals surface area contributed by atoms with Gasteiger partial charge in [0.05, 0.1) is 6.42 Å². The molecule has 1 aliphatic rings. The Labute approximate surface area is 91.9 Å². The van der Waals surface area contributed by atoms with Crippen LogP contribution in [-0.4, -0.2) is 16.1 Å². The molecule has 0 bridgehead atoms. The summed E-state index contributed by atoms with van der Waals surface area (Å²) in [6.07, 6.45) is 2.23. The van der Waals surface area contributed by atoms with E-state index < -0.39 is 5.97 Å². The van der Waals surface area contributed by atoms with E-state index in [0.29, 0.717) is 17.1 Å². The Morgan fingerprint density at radius 2 is 2.31 bits per heavy atom. The van der Waals surface area contributed by atoms with Gasteiger partial charge in [0.25, 0.3) is 0 Å². The van der Waals surface area contributed by atoms with Crippen LogP contribution in [0.25, 0.3) is 11.1 Å². The Kier molecular flexibility index (Phi) is 1.96. The highest BCUT2D eigenvalue weighted by atomic mass is 16.4. The largest absolute Gasteiger partial charge is 0.481 e. The number of hydrogen-bond acceptors (Lipinski definition) is 3. The lowest BCUT2D eigenvalue weighted by Crippen LogP contribution is -1.99. The van der Waals surface area contributed by atoms with Crippen molar-refractivity contribution in [2.45, 2.75) is 25.2 Å². The van der Waals surface area contributed by atoms with E-state index in [9.17, 15) is 4.79 Å². The Balaban J connectivity index is 2.09. The molecule has 1 saturated carbocycles. The van der Waals surface area contributed by atoms with Crippen LogP contribution in [0.15, 0.2) is 22.6 Å². The Hall–Kier alpha value is -1.84. The Morgan fingerprint density at radius 1 is 1.50 bits per heavy atom. The summed E-state index contributed by atoms with van der Waals surface area (Å²) in [6, 6.07) is 5.45. The van der Waals surface area contributed by atoms with E-state index in [2.05, 4.69) is 4.98 Å². The van der Waals surface area contributed by atoms with E-state index in [1.807, 2.05) is 12.1 Å². The number of nitrogens with zero attached hydrogens (tertiary/aromatic N) is 1. The third kappa shape index (κ3) is 1.56. The van der Waals surface area contributed by atoms with Gasteiger partial charge in [0.2, 0.25) is 0 Å². The number of carboxylic acids is 1. The zero-order chi connectivity index (χ0) is 11.1. The van der Waals surface area contributed by atoms with Crippen LogP contribution in [0, 0.1) is 0 Å². The zero-order valence-corrected chi connectivity index (χ0v) is 8.64. The molecule has 0 amide bonds. The zero-order valence-electron chi connectivity index (χ0n) is 8.64. The fourth-order valence-corrected chi connectivity index (χ4v) is 1.83. The SMILES string of the molecule is O=C(O)Cc1cccc2nc(C3CC3)oc12. The first kappa shape index (κ1) is 9.39. The molecule has 0 unspecified atom stereocenters. The van der Waals surface area contributed by atoms with E-state index in [4.69, 9.17) is 9.52 Å². The number of hydrogen-bond donors (Lipinski definition) is 1. The van der Waals surface area contributed by atoms with Crippen molar-refractivity contribution in [1.82, 2.24) is 4.98 Å². The molecule has 1 heterocycles. The molecule has 0 spiro atoms. The molecule has 3 rings (SSSR count). The van der Waals surface area contributed by atoms with Gasteiger partial charge < -0.3 is 9.52 Å². The first-order chi connectivity index (χ1) is 7.74. The molecule has 4 heteroatoms. The summed E-state index contributed by atoms with van der Waals surface area (Å²) in [7, 11) is 0. The van der Waals surface area contributed by atoms with Gasteiger partial charge in [0.1, 0.15) is 5.52 Å². The molecule has 0 saturated heterocycles. The number of rotatable bonds is 3. The average molecular weight is 217 g/mol. The highest BCUT2D eigenvalue weighted by Gasteiger charge is 2.29. The molecule has 4 nitrogen and oxygen atoms in total. The van der Waals surface area contributed by atoms with Crippen molar-refractivity contribution in [3.8, 4) is 0 Å². The summed E-state index contributed by atoms with van der Waals surface area (Å²) in [5.74, 6) is 0.356. The second-order valence-electron chi connectivity index (χ2n) is 4.16. The van der Waals surface area contributed by atoms with Crippen LogP contribution >= 0.6 is 0 Å². The normalized spacial score (nSPS) is 15.5. The maximum atomic E-state index is 10.7. The Morgan fingerprint density at radius 3 is 3.00 bits per heavy atom. The summed E-state index contributed by atoms with van der Waals surface area (Å²) in [5.41, 5.74) is 2.09. The molecule has 1 fully saturated rings. The van der Waals surface area contributed by atoms with Crippen LogP contribution in [0.2, 0.25) is 0 Å². The molecule has 2 aromatic rings. The molecule has 82 valence electrons. The summed E-state index contributed by atoms with van der Waals surface area (Å²) >= 11 is 0. The minimum Gasteiger partial charge on any atom is -0.481 e. The predicted octanol–water partition coefficient (Wildman–Crippen LogP) is 2.33. The predicted molar refractivity (Wildman–Crippen MR) is 57.3 cm³/mol. The van der Waals surface area contributed by atoms with Crippen molar-refractivity contribution in [3.63, 3.8) is 0 Å². The monoisotopic (exact) mass is 217 g/mol. The van der Waals surface area contributed by atoms with Gasteiger partial charge in [-0.05, 0) is 18.9 Å². The molecule has 0 atom stereocenters. The van der Waals surface area contributed by atoms with Gasteiger partial charge in [-0.15, -0.1) is 0 Å². The van der Waals surface area contributed by atoms with Crippen LogP contribution in [0.1, 0.15) is 30.2 Å². The standard InChI is InChI=1S/C12H11NO3/c14-10(15)6-8-2-1-3-9-11(8)16-12(13-9)7-4-5-7/h1-3,7H,4-6H2,(H,14,15). The molecular weight excluding hydrogens is 206 g/mol. The number of aromatic nitrogens is 1. The third-order valence-electron chi connectivity index (χ3n) is 2.78. The van der Waals surface area contributed by atoms with Gasteiger partial charge in [-0.2, -0.15) is 0 Å². The number of carboxylic acid groups (broad SMARTS) is 1. The topological polar surface area (TPSA) is 63.3 Å². The van der Waals surface area contributed by atoms with E-state index in [0.717, 1.165) is 24.2 Å². The molecule has 0 aliphatic heterocycles. The Bertz CT molecular complexity index is 554. The van der Waals surface area contributed by atoms with Gasteiger partial charge in [0, 0.05) is 11.5 Å². The van der Waals surface area contributed by atoms with Crippen molar-refractivity contribution >= 4 is 17.1 Å². The summed E-state index contributed by atoms with van der Waals surface area (Å²) in [6.45, 7) is 0. The van der Waals surface area contributed by atoms with Crippen LogP contribution in [0.4, 0.5) is 0 Å². The van der Waals surface area contributed by atoms with Crippen LogP contribution < -0.4 is 0 Å². The van der Waals surface area contributed by atoms with Crippen molar-refractivity contribution in [1.29, 1.82) is 0 Å². The summed E-state index contributed by atoms with van der Waals surface area (Å²) in [4.78, 5) is 15.1. The number of oxazole rings is 1. The number of para-hydroxylation sites is 1. The highest BCUT2D eigenvalue weighted by molar-refractivity contribution is 5.81. The smallest absolute Gasteiger partial charge is 0.307 e. The van der Waals surface area contributed by atoms with E-state index in [-0.39, 0.29) is 6.42 Å². The minimum atomic E-state index is -0.850. The second-order valence-corrected chi connectivity index (χ2v) is 4.16. The summed E-state index contributed by atoms with van der Waals surface area (Å²) in [5, 5.41) is 8.79. The molecule has 1 aromatic heterocycles. The minimum absolute atomic E-state index is 0.0172. The molecule has 1 N–H and O–H groups in total. The quantitative estimate of drug-likeness (QED) is 0.857. The second kappa shape index (κ2) is 3.33. The lowest BCUT2D eigenvalue weighted by molar-refractivity contribution is -0.136. The van der Waals surface area contributed by atoms with Crippen molar-refractivity contribution in [2.24, 2.45) is 0 Å². The lowest BCUT2D eigenvalue weighted by atomic mass is 10.1. The van der Waals surface area contributed by atoms with Crippen LogP contribution in [-0.2, 0) is 11.2 Å². The first-order valence-electron chi connectivity index (χ1n) is 5.34. The van der Waals surface area contributed by atoms with Crippen LogP contribution in [0.3, 0.4) is 0 Å².